The quantitative estimate of drug-likeness (QED) is 0.820. The van der Waals surface area contributed by atoms with E-state index in [4.69, 9.17) is 5.73 Å². The first kappa shape index (κ1) is 13.7. The van der Waals surface area contributed by atoms with E-state index in [1.54, 1.807) is 6.92 Å². The zero-order valence-corrected chi connectivity index (χ0v) is 11.5. The van der Waals surface area contributed by atoms with Crippen molar-refractivity contribution < 1.29 is 4.79 Å². The van der Waals surface area contributed by atoms with Crippen LogP contribution < -0.4 is 11.3 Å². The van der Waals surface area contributed by atoms with Crippen LogP contribution in [0.25, 0.3) is 0 Å². The topological polar surface area (TPSA) is 106 Å². The van der Waals surface area contributed by atoms with Crippen molar-refractivity contribution in [1.82, 2.24) is 9.78 Å². The van der Waals surface area contributed by atoms with Crippen LogP contribution in [0.2, 0.25) is 0 Å². The van der Waals surface area contributed by atoms with E-state index in [0.717, 1.165) is 11.1 Å². The number of nitrogens with zero attached hydrogens (tertiary/aromatic N) is 3. The molecule has 0 saturated carbocycles. The maximum Gasteiger partial charge on any atom is 0.341 e. The molecule has 0 saturated heterocycles. The normalized spacial score (nSPS) is 11.2. The second-order valence-corrected chi connectivity index (χ2v) is 4.55. The Morgan fingerprint density at radius 2 is 1.95 bits per heavy atom. The molecule has 2 aromatic rings. The first-order chi connectivity index (χ1) is 9.40. The maximum atomic E-state index is 11.9. The number of hydrogen-bond donors (Lipinski definition) is 2. The molecular weight excluding hydrogens is 258 g/mol. The molecule has 0 radical (unpaired) electrons. The van der Waals surface area contributed by atoms with E-state index < -0.39 is 11.6 Å². The molecule has 3 N–H and O–H groups in total. The minimum atomic E-state index is -0.883. The summed E-state index contributed by atoms with van der Waals surface area (Å²) in [6.45, 7) is 5.47. The number of amides is 1. The predicted molar refractivity (Wildman–Crippen MR) is 74.9 cm³/mol. The van der Waals surface area contributed by atoms with Crippen LogP contribution in [0.4, 0.5) is 16.2 Å². The molecule has 0 aliphatic rings. The van der Waals surface area contributed by atoms with Gasteiger partial charge in [0.25, 0.3) is 0 Å². The highest BCUT2D eigenvalue weighted by molar-refractivity contribution is 5.74. The highest BCUT2D eigenvalue weighted by Gasteiger charge is 2.13. The van der Waals surface area contributed by atoms with Crippen LogP contribution in [-0.2, 0) is 0 Å². The van der Waals surface area contributed by atoms with Crippen molar-refractivity contribution >= 4 is 17.4 Å². The lowest BCUT2D eigenvalue weighted by Crippen LogP contribution is -2.29. The SMILES string of the molecule is Cc1ccc(C)c(N=Nc2c(C)[nH]n(C(N)=O)c2=O)c1. The number of azo groups is 1. The van der Waals surface area contributed by atoms with Crippen LogP contribution in [0.1, 0.15) is 16.8 Å². The molecule has 7 heteroatoms. The smallest absolute Gasteiger partial charge is 0.341 e. The summed E-state index contributed by atoms with van der Waals surface area (Å²) in [7, 11) is 0. The molecule has 0 atom stereocenters. The van der Waals surface area contributed by atoms with Crippen LogP contribution in [-0.4, -0.2) is 15.8 Å². The number of primary amides is 1. The summed E-state index contributed by atoms with van der Waals surface area (Å²) in [5.41, 5.74) is 7.64. The van der Waals surface area contributed by atoms with E-state index in [2.05, 4.69) is 15.3 Å². The van der Waals surface area contributed by atoms with Crippen LogP contribution in [0, 0.1) is 20.8 Å². The number of nitrogens with two attached hydrogens (primary N) is 1. The molecule has 0 fully saturated rings. The van der Waals surface area contributed by atoms with Gasteiger partial charge in [0.1, 0.15) is 0 Å². The zero-order valence-electron chi connectivity index (χ0n) is 11.5. The molecule has 1 heterocycles. The summed E-state index contributed by atoms with van der Waals surface area (Å²) in [6, 6.07) is 4.88. The van der Waals surface area contributed by atoms with Gasteiger partial charge in [0.2, 0.25) is 0 Å². The molecule has 1 aromatic heterocycles. The van der Waals surface area contributed by atoms with Crippen molar-refractivity contribution in [2.45, 2.75) is 20.8 Å². The van der Waals surface area contributed by atoms with Gasteiger partial charge in [-0.2, -0.15) is 9.80 Å². The second-order valence-electron chi connectivity index (χ2n) is 4.55. The van der Waals surface area contributed by atoms with Crippen LogP contribution in [0.3, 0.4) is 0 Å². The summed E-state index contributed by atoms with van der Waals surface area (Å²) in [5.74, 6) is 0. The van der Waals surface area contributed by atoms with E-state index >= 15 is 0 Å². The molecule has 104 valence electrons. The number of H-pyrrole nitrogens is 1. The Morgan fingerprint density at radius 3 is 2.55 bits per heavy atom. The molecule has 0 aliphatic heterocycles. The second kappa shape index (κ2) is 5.12. The summed E-state index contributed by atoms with van der Waals surface area (Å²) in [5, 5.41) is 10.6. The lowest BCUT2D eigenvalue weighted by molar-refractivity contribution is 0.247. The van der Waals surface area contributed by atoms with E-state index in [1.807, 2.05) is 32.0 Å². The fraction of sp³-hybridized carbons (Fsp3) is 0.231. The predicted octanol–water partition coefficient (Wildman–Crippen LogP) is 2.44. The van der Waals surface area contributed by atoms with E-state index in [1.165, 1.54) is 0 Å². The minimum absolute atomic E-state index is 0.0738. The molecule has 1 amide bonds. The number of rotatable bonds is 2. The molecule has 1 aromatic carbocycles. The average molecular weight is 273 g/mol. The van der Waals surface area contributed by atoms with E-state index in [-0.39, 0.29) is 5.69 Å². The first-order valence-electron chi connectivity index (χ1n) is 6.00. The monoisotopic (exact) mass is 273 g/mol. The fourth-order valence-electron chi connectivity index (χ4n) is 1.74. The molecular formula is C13H15N5O2. The number of nitrogens with one attached hydrogen (secondary N) is 1. The summed E-state index contributed by atoms with van der Waals surface area (Å²) < 4.78 is 0.701. The van der Waals surface area contributed by atoms with Crippen molar-refractivity contribution in [2.24, 2.45) is 16.0 Å². The Kier molecular flexibility index (Phi) is 3.51. The van der Waals surface area contributed by atoms with Gasteiger partial charge >= 0.3 is 11.6 Å². The Hall–Kier alpha value is -2.70. The number of benzene rings is 1. The Labute approximate surface area is 115 Å². The van der Waals surface area contributed by atoms with Gasteiger partial charge in [-0.25, -0.2) is 4.79 Å². The zero-order chi connectivity index (χ0) is 14.9. The molecule has 0 bridgehead atoms. The summed E-state index contributed by atoms with van der Waals surface area (Å²) >= 11 is 0. The van der Waals surface area contributed by atoms with Gasteiger partial charge < -0.3 is 5.73 Å². The van der Waals surface area contributed by atoms with Crippen LogP contribution in [0.5, 0.6) is 0 Å². The molecule has 0 spiro atoms. The third-order valence-corrected chi connectivity index (χ3v) is 2.88. The van der Waals surface area contributed by atoms with Crippen molar-refractivity contribution in [3.63, 3.8) is 0 Å². The minimum Gasteiger partial charge on any atom is -0.350 e. The van der Waals surface area contributed by atoms with Gasteiger partial charge in [0.05, 0.1) is 11.4 Å². The Morgan fingerprint density at radius 1 is 1.25 bits per heavy atom. The highest BCUT2D eigenvalue weighted by atomic mass is 16.2. The van der Waals surface area contributed by atoms with Gasteiger partial charge in [0, 0.05) is 0 Å². The molecule has 0 unspecified atom stereocenters. The summed E-state index contributed by atoms with van der Waals surface area (Å²) in [6.07, 6.45) is 0. The number of aromatic amines is 1. The third-order valence-electron chi connectivity index (χ3n) is 2.88. The lowest BCUT2D eigenvalue weighted by atomic mass is 10.1. The highest BCUT2D eigenvalue weighted by Crippen LogP contribution is 2.22. The van der Waals surface area contributed by atoms with Gasteiger partial charge in [-0.1, -0.05) is 12.1 Å². The molecule has 20 heavy (non-hydrogen) atoms. The maximum absolute atomic E-state index is 11.9. The van der Waals surface area contributed by atoms with Crippen LogP contribution in [0.15, 0.2) is 33.2 Å². The largest absolute Gasteiger partial charge is 0.350 e. The van der Waals surface area contributed by atoms with E-state index in [9.17, 15) is 9.59 Å². The van der Waals surface area contributed by atoms with Crippen molar-refractivity contribution in [1.29, 1.82) is 0 Å². The number of carbonyl (C=O) groups excluding carboxylic acids is 1. The van der Waals surface area contributed by atoms with Gasteiger partial charge in [0.15, 0.2) is 5.69 Å². The standard InChI is InChI=1S/C13H15N5O2/c1-7-4-5-8(2)10(6-7)15-16-11-9(3)17-18(12(11)19)13(14)20/h4-6,17H,1-3H3,(H2,14,20). The van der Waals surface area contributed by atoms with Crippen molar-refractivity contribution in [2.75, 3.05) is 0 Å². The number of carbonyl (C=O) groups is 1. The number of aromatic nitrogens is 2. The molecule has 2 rings (SSSR count). The van der Waals surface area contributed by atoms with Gasteiger partial charge in [-0.05, 0) is 38.0 Å². The number of aryl methyl sites for hydroxylation is 3. The molecule has 0 aliphatic carbocycles. The van der Waals surface area contributed by atoms with Gasteiger partial charge in [-0.15, -0.1) is 5.11 Å². The van der Waals surface area contributed by atoms with E-state index in [0.29, 0.717) is 16.1 Å². The van der Waals surface area contributed by atoms with Crippen LogP contribution >= 0.6 is 0 Å². The van der Waals surface area contributed by atoms with Gasteiger partial charge in [-0.3, -0.25) is 9.89 Å². The van der Waals surface area contributed by atoms with Crippen molar-refractivity contribution in [3.05, 3.63) is 45.4 Å². The Balaban J connectivity index is 2.44. The fourth-order valence-corrected chi connectivity index (χ4v) is 1.74. The third kappa shape index (κ3) is 2.51. The Bertz CT molecular complexity index is 755. The lowest BCUT2D eigenvalue weighted by Gasteiger charge is -1.99. The number of hydrogen-bond acceptors (Lipinski definition) is 4. The molecule has 7 nitrogen and oxygen atoms in total. The average Bonchev–Trinajstić information content (AvgIpc) is 2.67. The summed E-state index contributed by atoms with van der Waals surface area (Å²) in [4.78, 5) is 22.9. The first-order valence-corrected chi connectivity index (χ1v) is 6.00. The van der Waals surface area contributed by atoms with Crippen molar-refractivity contribution in [3.8, 4) is 0 Å².